The fourth-order valence-corrected chi connectivity index (χ4v) is 3.31. The molecule has 1 aromatic carbocycles. The molecule has 2 heterocycles. The van der Waals surface area contributed by atoms with E-state index in [9.17, 15) is 4.79 Å². The van der Waals surface area contributed by atoms with Crippen molar-refractivity contribution < 1.29 is 4.79 Å². The Morgan fingerprint density at radius 2 is 2.12 bits per heavy atom. The number of aromatic nitrogens is 3. The lowest BCUT2D eigenvalue weighted by Crippen LogP contribution is -2.15. The van der Waals surface area contributed by atoms with E-state index in [4.69, 9.17) is 0 Å². The summed E-state index contributed by atoms with van der Waals surface area (Å²) in [6, 6.07) is 9.80. The van der Waals surface area contributed by atoms with Crippen LogP contribution in [0.5, 0.6) is 0 Å². The number of anilines is 1. The second kappa shape index (κ2) is 7.36. The van der Waals surface area contributed by atoms with Crippen molar-refractivity contribution in [1.82, 2.24) is 15.0 Å². The van der Waals surface area contributed by atoms with Gasteiger partial charge >= 0.3 is 0 Å². The molecule has 3 rings (SSSR count). The number of carbonyl (C=O) groups is 1. The molecule has 0 aliphatic heterocycles. The quantitative estimate of drug-likeness (QED) is 0.621. The van der Waals surface area contributed by atoms with Crippen LogP contribution in [0.4, 0.5) is 5.69 Å². The Hall–Kier alpha value is -1.86. The van der Waals surface area contributed by atoms with Crippen LogP contribution in [-0.4, -0.2) is 26.6 Å². The number of carbonyl (C=O) groups excluding carboxylic acids is 1. The maximum atomic E-state index is 12.2. The zero-order chi connectivity index (χ0) is 17.1. The highest BCUT2D eigenvalue weighted by atomic mass is 79.9. The number of pyridine rings is 1. The van der Waals surface area contributed by atoms with Gasteiger partial charge in [-0.15, -0.1) is 0 Å². The maximum absolute atomic E-state index is 12.2. The number of para-hydroxylation sites is 1. The standard InChI is InChI=1S/C17H17BrN4OS/c1-3-11-6-4-5-7-13(11)20-15(23)9-24-17-21-14-8-12(18)10(2)19-16(14)22-17/h4-8H,3,9H2,1-2H3,(H,20,23)(H,19,21,22). The number of halogens is 1. The van der Waals surface area contributed by atoms with Crippen LogP contribution in [0.3, 0.4) is 0 Å². The maximum Gasteiger partial charge on any atom is 0.234 e. The van der Waals surface area contributed by atoms with Crippen LogP contribution >= 0.6 is 27.7 Å². The predicted octanol–water partition coefficient (Wildman–Crippen LogP) is 4.32. The van der Waals surface area contributed by atoms with Gasteiger partial charge in [-0.05, 0) is 47.0 Å². The first kappa shape index (κ1) is 17.0. The molecule has 0 unspecified atom stereocenters. The van der Waals surface area contributed by atoms with Crippen LogP contribution in [0.15, 0.2) is 40.0 Å². The number of H-pyrrole nitrogens is 1. The second-order valence-corrected chi connectivity index (χ2v) is 7.13. The molecule has 7 heteroatoms. The summed E-state index contributed by atoms with van der Waals surface area (Å²) in [5, 5.41) is 3.65. The fourth-order valence-electron chi connectivity index (χ4n) is 2.32. The highest BCUT2D eigenvalue weighted by molar-refractivity contribution is 9.10. The van der Waals surface area contributed by atoms with E-state index >= 15 is 0 Å². The topological polar surface area (TPSA) is 70.7 Å². The molecular formula is C17H17BrN4OS. The number of aryl methyl sites for hydroxylation is 2. The van der Waals surface area contributed by atoms with Crippen molar-refractivity contribution in [1.29, 1.82) is 0 Å². The number of hydrogen-bond acceptors (Lipinski definition) is 4. The summed E-state index contributed by atoms with van der Waals surface area (Å²) >= 11 is 4.82. The second-order valence-electron chi connectivity index (χ2n) is 5.32. The van der Waals surface area contributed by atoms with E-state index in [1.807, 2.05) is 37.3 Å². The van der Waals surface area contributed by atoms with Gasteiger partial charge in [-0.1, -0.05) is 36.9 Å². The number of imidazole rings is 1. The summed E-state index contributed by atoms with van der Waals surface area (Å²) in [5.41, 5.74) is 4.40. The molecule has 0 saturated carbocycles. The molecule has 0 spiro atoms. The van der Waals surface area contributed by atoms with Gasteiger partial charge in [0.25, 0.3) is 0 Å². The first-order valence-electron chi connectivity index (χ1n) is 7.60. The summed E-state index contributed by atoms with van der Waals surface area (Å²) in [5.74, 6) is 0.240. The Bertz CT molecular complexity index is 854. The first-order valence-corrected chi connectivity index (χ1v) is 9.38. The highest BCUT2D eigenvalue weighted by Gasteiger charge is 2.10. The number of thioether (sulfide) groups is 1. The van der Waals surface area contributed by atoms with Gasteiger partial charge in [0, 0.05) is 10.2 Å². The lowest BCUT2D eigenvalue weighted by atomic mass is 10.1. The number of nitrogens with one attached hydrogen (secondary N) is 2. The van der Waals surface area contributed by atoms with Gasteiger partial charge in [0.1, 0.15) is 0 Å². The van der Waals surface area contributed by atoms with Crippen LogP contribution in [-0.2, 0) is 11.2 Å². The zero-order valence-corrected chi connectivity index (χ0v) is 15.8. The molecule has 124 valence electrons. The van der Waals surface area contributed by atoms with Gasteiger partial charge in [-0.25, -0.2) is 9.97 Å². The lowest BCUT2D eigenvalue weighted by Gasteiger charge is -2.08. The molecule has 0 aliphatic rings. The molecule has 0 saturated heterocycles. The zero-order valence-electron chi connectivity index (χ0n) is 13.4. The Kier molecular flexibility index (Phi) is 5.20. The third-order valence-corrected chi connectivity index (χ3v) is 5.27. The van der Waals surface area contributed by atoms with Crippen LogP contribution in [0.2, 0.25) is 0 Å². The van der Waals surface area contributed by atoms with E-state index in [1.54, 1.807) is 0 Å². The third-order valence-electron chi connectivity index (χ3n) is 3.59. The normalized spacial score (nSPS) is 11.0. The molecule has 2 aromatic heterocycles. The molecule has 24 heavy (non-hydrogen) atoms. The number of nitrogens with zero attached hydrogens (tertiary/aromatic N) is 2. The Morgan fingerprint density at radius 3 is 2.92 bits per heavy atom. The molecular weight excluding hydrogens is 388 g/mol. The van der Waals surface area contributed by atoms with Crippen molar-refractivity contribution in [2.45, 2.75) is 25.4 Å². The van der Waals surface area contributed by atoms with Gasteiger partial charge < -0.3 is 10.3 Å². The molecule has 3 aromatic rings. The smallest absolute Gasteiger partial charge is 0.234 e. The van der Waals surface area contributed by atoms with Gasteiger partial charge in [-0.2, -0.15) is 0 Å². The summed E-state index contributed by atoms with van der Waals surface area (Å²) in [7, 11) is 0. The van der Waals surface area contributed by atoms with E-state index in [0.717, 1.165) is 33.4 Å². The van der Waals surface area contributed by atoms with E-state index in [2.05, 4.69) is 43.1 Å². The number of hydrogen-bond donors (Lipinski definition) is 2. The van der Waals surface area contributed by atoms with Crippen LogP contribution in [0.1, 0.15) is 18.2 Å². The fraction of sp³-hybridized carbons (Fsp3) is 0.235. The molecule has 0 bridgehead atoms. The van der Waals surface area contributed by atoms with Gasteiger partial charge in [-0.3, -0.25) is 4.79 Å². The molecule has 0 aliphatic carbocycles. The average Bonchev–Trinajstić information content (AvgIpc) is 2.95. The van der Waals surface area contributed by atoms with Crippen molar-refractivity contribution in [3.8, 4) is 0 Å². The number of benzene rings is 1. The van der Waals surface area contributed by atoms with Crippen molar-refractivity contribution in [2.75, 3.05) is 11.1 Å². The summed E-state index contributed by atoms with van der Waals surface area (Å²) < 4.78 is 0.934. The van der Waals surface area contributed by atoms with Gasteiger partial charge in [0.05, 0.1) is 17.0 Å². The van der Waals surface area contributed by atoms with Gasteiger partial charge in [0.2, 0.25) is 5.91 Å². The lowest BCUT2D eigenvalue weighted by molar-refractivity contribution is -0.113. The van der Waals surface area contributed by atoms with Crippen molar-refractivity contribution in [2.24, 2.45) is 0 Å². The van der Waals surface area contributed by atoms with Crippen LogP contribution in [0, 0.1) is 6.92 Å². The van der Waals surface area contributed by atoms with Crippen LogP contribution < -0.4 is 5.32 Å². The Labute approximate surface area is 152 Å². The number of fused-ring (bicyclic) bond motifs is 1. The third kappa shape index (κ3) is 3.79. The number of aromatic amines is 1. The number of amides is 1. The minimum absolute atomic E-state index is 0.0494. The summed E-state index contributed by atoms with van der Waals surface area (Å²) in [6.07, 6.45) is 0.882. The molecule has 1 amide bonds. The predicted molar refractivity (Wildman–Crippen MR) is 101 cm³/mol. The summed E-state index contributed by atoms with van der Waals surface area (Å²) in [4.78, 5) is 24.2. The Morgan fingerprint density at radius 1 is 1.33 bits per heavy atom. The first-order chi connectivity index (χ1) is 11.6. The molecule has 0 radical (unpaired) electrons. The van der Waals surface area contributed by atoms with Crippen LogP contribution in [0.25, 0.3) is 11.2 Å². The molecule has 2 N–H and O–H groups in total. The van der Waals surface area contributed by atoms with E-state index in [-0.39, 0.29) is 11.7 Å². The van der Waals surface area contributed by atoms with E-state index in [0.29, 0.717) is 10.8 Å². The molecule has 5 nitrogen and oxygen atoms in total. The summed E-state index contributed by atoms with van der Waals surface area (Å²) in [6.45, 7) is 3.99. The minimum atomic E-state index is -0.0494. The number of rotatable bonds is 5. The van der Waals surface area contributed by atoms with Crippen molar-refractivity contribution >= 4 is 50.5 Å². The highest BCUT2D eigenvalue weighted by Crippen LogP contribution is 2.23. The Balaban J connectivity index is 1.66. The average molecular weight is 405 g/mol. The van der Waals surface area contributed by atoms with Crippen molar-refractivity contribution in [3.05, 3.63) is 46.1 Å². The largest absolute Gasteiger partial charge is 0.331 e. The van der Waals surface area contributed by atoms with Gasteiger partial charge in [0.15, 0.2) is 10.8 Å². The molecule has 0 fully saturated rings. The van der Waals surface area contributed by atoms with E-state index in [1.165, 1.54) is 11.8 Å². The minimum Gasteiger partial charge on any atom is -0.331 e. The monoisotopic (exact) mass is 404 g/mol. The SMILES string of the molecule is CCc1ccccc1NC(=O)CSc1nc2nc(C)c(Br)cc2[nH]1. The molecule has 0 atom stereocenters. The van der Waals surface area contributed by atoms with E-state index < -0.39 is 0 Å². The van der Waals surface area contributed by atoms with Crippen molar-refractivity contribution in [3.63, 3.8) is 0 Å².